The molecule has 2 aromatic carbocycles. The average molecular weight is 378 g/mol. The van der Waals surface area contributed by atoms with Crippen molar-refractivity contribution >= 4 is 5.69 Å². The Kier molecular flexibility index (Phi) is 6.39. The monoisotopic (exact) mass is 378 g/mol. The molecule has 3 nitrogen and oxygen atoms in total. The van der Waals surface area contributed by atoms with Gasteiger partial charge in [-0.3, -0.25) is 0 Å². The fourth-order valence-corrected chi connectivity index (χ4v) is 3.49. The van der Waals surface area contributed by atoms with Crippen molar-refractivity contribution in [3.8, 4) is 0 Å². The number of aliphatic hydroxyl groups excluding tert-OH is 1. The molecular formula is C21H25F3N2O. The number of nitrogens with one attached hydrogen (secondary N) is 1. The number of piperidine rings is 1. The Balaban J connectivity index is 1.54. The summed E-state index contributed by atoms with van der Waals surface area (Å²) in [6, 6.07) is 13.4. The zero-order chi connectivity index (χ0) is 19.3. The number of alkyl halides is 3. The van der Waals surface area contributed by atoms with E-state index in [1.165, 1.54) is 43.1 Å². The molecule has 1 aliphatic heterocycles. The molecule has 0 aromatic heterocycles. The van der Waals surface area contributed by atoms with Crippen molar-refractivity contribution in [2.45, 2.75) is 38.1 Å². The predicted octanol–water partition coefficient (Wildman–Crippen LogP) is 4.52. The number of benzene rings is 2. The van der Waals surface area contributed by atoms with Gasteiger partial charge in [-0.15, -0.1) is 0 Å². The first-order chi connectivity index (χ1) is 12.9. The van der Waals surface area contributed by atoms with E-state index in [4.69, 9.17) is 0 Å². The first-order valence-corrected chi connectivity index (χ1v) is 9.34. The Morgan fingerprint density at radius 3 is 2.30 bits per heavy atom. The zero-order valence-electron chi connectivity index (χ0n) is 15.2. The second kappa shape index (κ2) is 8.76. The van der Waals surface area contributed by atoms with E-state index in [9.17, 15) is 18.3 Å². The fourth-order valence-electron chi connectivity index (χ4n) is 3.49. The van der Waals surface area contributed by atoms with E-state index in [0.29, 0.717) is 6.54 Å². The highest BCUT2D eigenvalue weighted by Crippen LogP contribution is 2.34. The highest BCUT2D eigenvalue weighted by molar-refractivity contribution is 5.47. The van der Waals surface area contributed by atoms with Gasteiger partial charge >= 0.3 is 6.18 Å². The second-order valence-corrected chi connectivity index (χ2v) is 6.95. The second-order valence-electron chi connectivity index (χ2n) is 6.95. The normalized spacial score (nSPS) is 16.4. The van der Waals surface area contributed by atoms with E-state index >= 15 is 0 Å². The van der Waals surface area contributed by atoms with Crippen LogP contribution in [0, 0.1) is 0 Å². The van der Waals surface area contributed by atoms with Gasteiger partial charge in [0.15, 0.2) is 0 Å². The van der Waals surface area contributed by atoms with Crippen LogP contribution in [0.4, 0.5) is 18.9 Å². The number of anilines is 1. The summed E-state index contributed by atoms with van der Waals surface area (Å²) >= 11 is 0. The van der Waals surface area contributed by atoms with Crippen LogP contribution in [0.5, 0.6) is 0 Å². The van der Waals surface area contributed by atoms with Crippen molar-refractivity contribution in [2.24, 2.45) is 0 Å². The summed E-state index contributed by atoms with van der Waals surface area (Å²) < 4.78 is 39.2. The summed E-state index contributed by atoms with van der Waals surface area (Å²) in [5.74, 6) is 0. The van der Waals surface area contributed by atoms with Crippen molar-refractivity contribution in [3.05, 3.63) is 65.2 Å². The maximum atomic E-state index is 13.1. The molecule has 3 rings (SSSR count). The molecule has 0 aliphatic carbocycles. The van der Waals surface area contributed by atoms with Crippen molar-refractivity contribution in [2.75, 3.05) is 24.5 Å². The van der Waals surface area contributed by atoms with E-state index in [1.54, 1.807) is 0 Å². The van der Waals surface area contributed by atoms with Crippen LogP contribution < -0.4 is 10.2 Å². The van der Waals surface area contributed by atoms with E-state index in [-0.39, 0.29) is 12.1 Å². The highest BCUT2D eigenvalue weighted by atomic mass is 19.4. The molecule has 1 aliphatic rings. The molecular weight excluding hydrogens is 353 g/mol. The van der Waals surface area contributed by atoms with Gasteiger partial charge in [-0.2, -0.15) is 13.2 Å². The first kappa shape index (κ1) is 19.7. The molecule has 0 radical (unpaired) electrons. The molecule has 2 N–H and O–H groups in total. The SMILES string of the molecule is OC(CNCc1ccc(N2CCCCC2)cc1)c1ccccc1C(F)(F)F. The maximum Gasteiger partial charge on any atom is 0.416 e. The van der Waals surface area contributed by atoms with Gasteiger partial charge in [-0.05, 0) is 48.6 Å². The lowest BCUT2D eigenvalue weighted by Gasteiger charge is -2.28. The molecule has 2 aromatic rings. The molecule has 0 bridgehead atoms. The number of hydrogen-bond acceptors (Lipinski definition) is 3. The number of aliphatic hydroxyl groups is 1. The van der Waals surface area contributed by atoms with Gasteiger partial charge in [0.05, 0.1) is 11.7 Å². The minimum atomic E-state index is -4.47. The van der Waals surface area contributed by atoms with Gasteiger partial charge in [-0.25, -0.2) is 0 Å². The quantitative estimate of drug-likeness (QED) is 0.776. The molecule has 146 valence electrons. The number of nitrogens with zero attached hydrogens (tertiary/aromatic N) is 1. The summed E-state index contributed by atoms with van der Waals surface area (Å²) in [4.78, 5) is 2.37. The van der Waals surface area contributed by atoms with Gasteiger partial charge in [-0.1, -0.05) is 30.3 Å². The van der Waals surface area contributed by atoms with Gasteiger partial charge in [0.2, 0.25) is 0 Å². The van der Waals surface area contributed by atoms with Crippen molar-refractivity contribution < 1.29 is 18.3 Å². The molecule has 0 saturated carbocycles. The minimum Gasteiger partial charge on any atom is -0.387 e. The van der Waals surface area contributed by atoms with E-state index < -0.39 is 17.8 Å². The Morgan fingerprint density at radius 1 is 0.963 bits per heavy atom. The molecule has 1 fully saturated rings. The molecule has 1 atom stereocenters. The van der Waals surface area contributed by atoms with Crippen LogP contribution in [-0.2, 0) is 12.7 Å². The van der Waals surface area contributed by atoms with Gasteiger partial charge in [0.1, 0.15) is 0 Å². The van der Waals surface area contributed by atoms with Crippen LogP contribution in [0.15, 0.2) is 48.5 Å². The lowest BCUT2D eigenvalue weighted by atomic mass is 10.0. The summed E-state index contributed by atoms with van der Waals surface area (Å²) in [6.45, 7) is 2.72. The Labute approximate surface area is 157 Å². The third kappa shape index (κ3) is 5.23. The van der Waals surface area contributed by atoms with Crippen LogP contribution in [0.25, 0.3) is 0 Å². The Morgan fingerprint density at radius 2 is 1.63 bits per heavy atom. The van der Waals surface area contributed by atoms with Crippen molar-refractivity contribution in [1.82, 2.24) is 5.32 Å². The standard InChI is InChI=1S/C21H25F3N2O/c22-21(23,24)19-7-3-2-6-18(19)20(27)15-25-14-16-8-10-17(11-9-16)26-12-4-1-5-13-26/h2-3,6-11,20,25,27H,1,4-5,12-15H2. The largest absolute Gasteiger partial charge is 0.416 e. The lowest BCUT2D eigenvalue weighted by Crippen LogP contribution is -2.29. The van der Waals surface area contributed by atoms with Crippen LogP contribution in [-0.4, -0.2) is 24.7 Å². The molecule has 0 amide bonds. The third-order valence-electron chi connectivity index (χ3n) is 4.95. The highest BCUT2D eigenvalue weighted by Gasteiger charge is 2.34. The predicted molar refractivity (Wildman–Crippen MR) is 101 cm³/mol. The molecule has 6 heteroatoms. The Hall–Kier alpha value is -2.05. The minimum absolute atomic E-state index is 0.0565. The number of hydrogen-bond donors (Lipinski definition) is 2. The summed E-state index contributed by atoms with van der Waals surface area (Å²) in [7, 11) is 0. The molecule has 27 heavy (non-hydrogen) atoms. The summed E-state index contributed by atoms with van der Waals surface area (Å²) in [5.41, 5.74) is 1.35. The van der Waals surface area contributed by atoms with Crippen LogP contribution in [0.1, 0.15) is 42.1 Å². The van der Waals surface area contributed by atoms with E-state index in [1.807, 2.05) is 12.1 Å². The van der Waals surface area contributed by atoms with E-state index in [2.05, 4.69) is 22.3 Å². The molecule has 0 spiro atoms. The van der Waals surface area contributed by atoms with Gasteiger partial charge in [0.25, 0.3) is 0 Å². The van der Waals surface area contributed by atoms with Gasteiger partial charge in [0, 0.05) is 31.9 Å². The maximum absolute atomic E-state index is 13.1. The third-order valence-corrected chi connectivity index (χ3v) is 4.95. The molecule has 1 heterocycles. The lowest BCUT2D eigenvalue weighted by molar-refractivity contribution is -0.139. The van der Waals surface area contributed by atoms with Crippen LogP contribution in [0.2, 0.25) is 0 Å². The Bertz CT molecular complexity index is 725. The average Bonchev–Trinajstić information content (AvgIpc) is 2.68. The van der Waals surface area contributed by atoms with E-state index in [0.717, 1.165) is 24.7 Å². The van der Waals surface area contributed by atoms with Crippen LogP contribution in [0.3, 0.4) is 0 Å². The fraction of sp³-hybridized carbons (Fsp3) is 0.429. The topological polar surface area (TPSA) is 35.5 Å². The van der Waals surface area contributed by atoms with Crippen molar-refractivity contribution in [3.63, 3.8) is 0 Å². The first-order valence-electron chi connectivity index (χ1n) is 9.34. The summed E-state index contributed by atoms with van der Waals surface area (Å²) in [6.07, 6.45) is -1.95. The van der Waals surface area contributed by atoms with Crippen molar-refractivity contribution in [1.29, 1.82) is 0 Å². The summed E-state index contributed by atoms with van der Waals surface area (Å²) in [5, 5.41) is 13.2. The zero-order valence-corrected chi connectivity index (χ0v) is 15.2. The number of halogens is 3. The number of rotatable bonds is 6. The molecule has 1 unspecified atom stereocenters. The van der Waals surface area contributed by atoms with Gasteiger partial charge < -0.3 is 15.3 Å². The molecule has 1 saturated heterocycles. The smallest absolute Gasteiger partial charge is 0.387 e. The van der Waals surface area contributed by atoms with Crippen LogP contribution >= 0.6 is 0 Å².